The molecule has 2 aromatic carbocycles. The van der Waals surface area contributed by atoms with E-state index in [0.717, 1.165) is 59.7 Å². The second-order valence-electron chi connectivity index (χ2n) is 7.39. The maximum atomic E-state index is 13.6. The van der Waals surface area contributed by atoms with Gasteiger partial charge in [0.25, 0.3) is 0 Å². The lowest BCUT2D eigenvalue weighted by molar-refractivity contribution is 0.625. The summed E-state index contributed by atoms with van der Waals surface area (Å²) in [4.78, 5) is 4.88. The van der Waals surface area contributed by atoms with Crippen LogP contribution in [-0.2, 0) is 19.4 Å². The van der Waals surface area contributed by atoms with Gasteiger partial charge < -0.3 is 5.32 Å². The minimum absolute atomic E-state index is 0.228. The van der Waals surface area contributed by atoms with Crippen molar-refractivity contribution >= 4 is 23.1 Å². The van der Waals surface area contributed by atoms with Gasteiger partial charge in [0.15, 0.2) is 5.65 Å². The Hall–Kier alpha value is -2.92. The first-order chi connectivity index (χ1) is 14.2. The monoisotopic (exact) mass is 406 g/mol. The number of rotatable bonds is 4. The minimum atomic E-state index is -0.228. The Morgan fingerprint density at radius 3 is 2.76 bits per heavy atom. The van der Waals surface area contributed by atoms with Crippen molar-refractivity contribution in [3.05, 3.63) is 82.3 Å². The predicted octanol–water partition coefficient (Wildman–Crippen LogP) is 5.68. The van der Waals surface area contributed by atoms with Gasteiger partial charge in [-0.05, 0) is 55.5 Å². The van der Waals surface area contributed by atoms with E-state index in [0.29, 0.717) is 11.6 Å². The third kappa shape index (κ3) is 3.58. The standard InChI is InChI=1S/C23H20ClFN4/c24-17-7-4-6-16(12-17)21-13-22-27-20-10-2-1-9-19(20)23(29(22)28-21)26-14-15-5-3-8-18(25)11-15/h3-8,11-13,26H,1-2,9-10,14H2. The van der Waals surface area contributed by atoms with Crippen LogP contribution in [0.15, 0.2) is 54.6 Å². The van der Waals surface area contributed by atoms with Gasteiger partial charge in [0, 0.05) is 34.5 Å². The van der Waals surface area contributed by atoms with E-state index >= 15 is 0 Å². The molecule has 0 saturated carbocycles. The lowest BCUT2D eigenvalue weighted by Crippen LogP contribution is -2.15. The number of benzene rings is 2. The highest BCUT2D eigenvalue weighted by Gasteiger charge is 2.20. The first kappa shape index (κ1) is 18.1. The van der Waals surface area contributed by atoms with E-state index in [1.54, 1.807) is 12.1 Å². The fraction of sp³-hybridized carbons (Fsp3) is 0.217. The first-order valence-corrected chi connectivity index (χ1v) is 10.2. The quantitative estimate of drug-likeness (QED) is 0.474. The largest absolute Gasteiger partial charge is 0.366 e. The zero-order valence-corrected chi connectivity index (χ0v) is 16.6. The van der Waals surface area contributed by atoms with Crippen LogP contribution in [0.5, 0.6) is 0 Å². The molecule has 2 heterocycles. The smallest absolute Gasteiger partial charge is 0.158 e. The third-order valence-electron chi connectivity index (χ3n) is 5.35. The number of anilines is 1. The summed E-state index contributed by atoms with van der Waals surface area (Å²) in [5.74, 6) is 0.718. The first-order valence-electron chi connectivity index (χ1n) is 9.83. The molecule has 29 heavy (non-hydrogen) atoms. The van der Waals surface area contributed by atoms with Crippen molar-refractivity contribution in [3.63, 3.8) is 0 Å². The van der Waals surface area contributed by atoms with Crippen molar-refractivity contribution < 1.29 is 4.39 Å². The summed E-state index contributed by atoms with van der Waals surface area (Å²) in [6, 6.07) is 16.3. The van der Waals surface area contributed by atoms with Crippen LogP contribution in [0.3, 0.4) is 0 Å². The van der Waals surface area contributed by atoms with Crippen LogP contribution in [-0.4, -0.2) is 14.6 Å². The van der Waals surface area contributed by atoms with E-state index in [4.69, 9.17) is 21.7 Å². The highest BCUT2D eigenvalue weighted by Crippen LogP contribution is 2.30. The molecule has 4 aromatic rings. The van der Waals surface area contributed by atoms with Crippen LogP contribution in [0.4, 0.5) is 10.2 Å². The van der Waals surface area contributed by atoms with Crippen LogP contribution in [0.2, 0.25) is 5.02 Å². The van der Waals surface area contributed by atoms with Gasteiger partial charge >= 0.3 is 0 Å². The summed E-state index contributed by atoms with van der Waals surface area (Å²) in [6.07, 6.45) is 4.22. The summed E-state index contributed by atoms with van der Waals surface area (Å²) in [6.45, 7) is 0.523. The zero-order valence-electron chi connectivity index (χ0n) is 15.8. The number of aromatic nitrogens is 3. The number of hydrogen-bond acceptors (Lipinski definition) is 3. The van der Waals surface area contributed by atoms with E-state index in [2.05, 4.69) is 5.32 Å². The Labute approximate surface area is 173 Å². The summed E-state index contributed by atoms with van der Waals surface area (Å²) in [5.41, 5.74) is 5.82. The molecule has 1 aliphatic rings. The molecule has 1 N–H and O–H groups in total. The normalized spacial score (nSPS) is 13.4. The maximum Gasteiger partial charge on any atom is 0.158 e. The highest BCUT2D eigenvalue weighted by atomic mass is 35.5. The number of nitrogens with zero attached hydrogens (tertiary/aromatic N) is 3. The second-order valence-corrected chi connectivity index (χ2v) is 7.82. The summed E-state index contributed by atoms with van der Waals surface area (Å²) >= 11 is 6.17. The molecule has 2 aromatic heterocycles. The molecule has 0 amide bonds. The van der Waals surface area contributed by atoms with Gasteiger partial charge in [-0.2, -0.15) is 9.61 Å². The maximum absolute atomic E-state index is 13.6. The molecule has 0 unspecified atom stereocenters. The molecule has 0 atom stereocenters. The number of fused-ring (bicyclic) bond motifs is 2. The van der Waals surface area contributed by atoms with Crippen molar-refractivity contribution in [2.45, 2.75) is 32.2 Å². The summed E-state index contributed by atoms with van der Waals surface area (Å²) in [5, 5.41) is 9.00. The number of halogens is 2. The van der Waals surface area contributed by atoms with E-state index in [1.807, 2.05) is 40.9 Å². The molecule has 6 heteroatoms. The van der Waals surface area contributed by atoms with Gasteiger partial charge in [-0.1, -0.05) is 35.9 Å². The molecular formula is C23H20ClFN4. The van der Waals surface area contributed by atoms with Crippen molar-refractivity contribution in [1.29, 1.82) is 0 Å². The molecule has 0 bridgehead atoms. The van der Waals surface area contributed by atoms with E-state index in [1.165, 1.54) is 11.6 Å². The molecule has 4 nitrogen and oxygen atoms in total. The molecule has 1 aliphatic carbocycles. The van der Waals surface area contributed by atoms with Gasteiger partial charge in [-0.3, -0.25) is 0 Å². The van der Waals surface area contributed by atoms with E-state index < -0.39 is 0 Å². The summed E-state index contributed by atoms with van der Waals surface area (Å²) in [7, 11) is 0. The van der Waals surface area contributed by atoms with Crippen molar-refractivity contribution in [2.24, 2.45) is 0 Å². The molecule has 146 valence electrons. The lowest BCUT2D eigenvalue weighted by Gasteiger charge is -2.20. The Balaban J connectivity index is 1.59. The van der Waals surface area contributed by atoms with Gasteiger partial charge in [0.05, 0.1) is 5.69 Å². The fourth-order valence-corrected chi connectivity index (χ4v) is 4.14. The minimum Gasteiger partial charge on any atom is -0.366 e. The van der Waals surface area contributed by atoms with Gasteiger partial charge in [-0.15, -0.1) is 0 Å². The molecule has 0 radical (unpaired) electrons. The summed E-state index contributed by atoms with van der Waals surface area (Å²) < 4.78 is 15.5. The number of aryl methyl sites for hydroxylation is 1. The van der Waals surface area contributed by atoms with E-state index in [-0.39, 0.29) is 5.82 Å². The Bertz CT molecular complexity index is 1200. The Kier molecular flexibility index (Phi) is 4.68. The fourth-order valence-electron chi connectivity index (χ4n) is 3.95. The third-order valence-corrected chi connectivity index (χ3v) is 5.58. The SMILES string of the molecule is Fc1cccc(CNc2c3c(nc4cc(-c5cccc(Cl)c5)nn24)CCCC3)c1. The van der Waals surface area contributed by atoms with Crippen molar-refractivity contribution in [1.82, 2.24) is 14.6 Å². The molecule has 0 saturated heterocycles. The topological polar surface area (TPSA) is 42.2 Å². The number of nitrogens with one attached hydrogen (secondary N) is 1. The predicted molar refractivity (Wildman–Crippen MR) is 114 cm³/mol. The number of hydrogen-bond donors (Lipinski definition) is 1. The zero-order chi connectivity index (χ0) is 19.8. The van der Waals surface area contributed by atoms with Crippen LogP contribution in [0.1, 0.15) is 29.7 Å². The molecular weight excluding hydrogens is 387 g/mol. The van der Waals surface area contributed by atoms with Gasteiger partial charge in [-0.25, -0.2) is 9.37 Å². The average Bonchev–Trinajstić information content (AvgIpc) is 3.15. The van der Waals surface area contributed by atoms with Crippen LogP contribution < -0.4 is 5.32 Å². The average molecular weight is 407 g/mol. The van der Waals surface area contributed by atoms with Crippen molar-refractivity contribution in [3.8, 4) is 11.3 Å². The highest BCUT2D eigenvalue weighted by molar-refractivity contribution is 6.30. The molecule has 0 spiro atoms. The van der Waals surface area contributed by atoms with Crippen LogP contribution in [0.25, 0.3) is 16.9 Å². The molecule has 5 rings (SSSR count). The molecule has 0 aliphatic heterocycles. The van der Waals surface area contributed by atoms with Gasteiger partial charge in [0.1, 0.15) is 11.6 Å². The lowest BCUT2D eigenvalue weighted by atomic mass is 9.96. The van der Waals surface area contributed by atoms with E-state index in [9.17, 15) is 4.39 Å². The van der Waals surface area contributed by atoms with Crippen molar-refractivity contribution in [2.75, 3.05) is 5.32 Å². The van der Waals surface area contributed by atoms with Crippen LogP contribution in [0, 0.1) is 5.82 Å². The molecule has 0 fully saturated rings. The van der Waals surface area contributed by atoms with Crippen LogP contribution >= 0.6 is 11.6 Å². The Morgan fingerprint density at radius 1 is 1.03 bits per heavy atom. The second kappa shape index (κ2) is 7.48. The Morgan fingerprint density at radius 2 is 1.90 bits per heavy atom. The van der Waals surface area contributed by atoms with Gasteiger partial charge in [0.2, 0.25) is 0 Å².